The normalized spacial score (nSPS) is 11.2. The highest BCUT2D eigenvalue weighted by molar-refractivity contribution is 9.10. The lowest BCUT2D eigenvalue weighted by Crippen LogP contribution is -1.90. The number of aromatic nitrogens is 3. The zero-order chi connectivity index (χ0) is 13.5. The van der Waals surface area contributed by atoms with E-state index in [1.54, 1.807) is 6.33 Å². The average molecular weight is 324 g/mol. The highest BCUT2D eigenvalue weighted by Crippen LogP contribution is 2.25. The zero-order valence-corrected chi connectivity index (χ0v) is 12.1. The lowest BCUT2D eigenvalue weighted by molar-refractivity contribution is 0.938. The van der Waals surface area contributed by atoms with E-state index in [9.17, 15) is 0 Å². The summed E-state index contributed by atoms with van der Waals surface area (Å²) < 4.78 is 2.90. The molecular weight excluding hydrogens is 314 g/mol. The third-order valence-electron chi connectivity index (χ3n) is 3.36. The van der Waals surface area contributed by atoms with E-state index >= 15 is 0 Å². The van der Waals surface area contributed by atoms with Crippen LogP contribution in [0.2, 0.25) is 0 Å². The summed E-state index contributed by atoms with van der Waals surface area (Å²) in [5.74, 6) is 0. The SMILES string of the molecule is Brc1ccc(-c2cc3c4ccccc4ncn3n2)cc1. The molecule has 0 aliphatic heterocycles. The molecule has 2 heterocycles. The van der Waals surface area contributed by atoms with Gasteiger partial charge in [0.2, 0.25) is 0 Å². The Morgan fingerprint density at radius 3 is 2.60 bits per heavy atom. The van der Waals surface area contributed by atoms with E-state index in [2.05, 4.69) is 50.3 Å². The van der Waals surface area contributed by atoms with Gasteiger partial charge in [-0.15, -0.1) is 0 Å². The number of rotatable bonds is 1. The summed E-state index contributed by atoms with van der Waals surface area (Å²) in [6.45, 7) is 0. The van der Waals surface area contributed by atoms with E-state index in [4.69, 9.17) is 0 Å². The zero-order valence-electron chi connectivity index (χ0n) is 10.5. The van der Waals surface area contributed by atoms with Crippen LogP contribution >= 0.6 is 15.9 Å². The Labute approximate surface area is 124 Å². The lowest BCUT2D eigenvalue weighted by Gasteiger charge is -1.97. The molecular formula is C16H10BrN3. The fraction of sp³-hybridized carbons (Fsp3) is 0. The van der Waals surface area contributed by atoms with Gasteiger partial charge >= 0.3 is 0 Å². The quantitative estimate of drug-likeness (QED) is 0.522. The Kier molecular flexibility index (Phi) is 2.57. The van der Waals surface area contributed by atoms with Crippen LogP contribution in [-0.2, 0) is 0 Å². The number of benzene rings is 2. The standard InChI is InChI=1S/C16H10BrN3/c17-12-7-5-11(6-8-12)15-9-16-13-3-1-2-4-14(13)18-10-20(16)19-15/h1-10H. The smallest absolute Gasteiger partial charge is 0.118 e. The van der Waals surface area contributed by atoms with Crippen LogP contribution in [-0.4, -0.2) is 14.6 Å². The third-order valence-corrected chi connectivity index (χ3v) is 3.89. The molecule has 3 nitrogen and oxygen atoms in total. The van der Waals surface area contributed by atoms with Gasteiger partial charge in [-0.1, -0.05) is 46.3 Å². The maximum absolute atomic E-state index is 4.60. The number of nitrogens with zero attached hydrogens (tertiary/aromatic N) is 3. The van der Waals surface area contributed by atoms with Crippen molar-refractivity contribution in [3.05, 3.63) is 65.4 Å². The Morgan fingerprint density at radius 2 is 1.75 bits per heavy atom. The van der Waals surface area contributed by atoms with Gasteiger partial charge in [0.05, 0.1) is 16.7 Å². The average Bonchev–Trinajstić information content (AvgIpc) is 2.92. The molecule has 20 heavy (non-hydrogen) atoms. The Bertz CT molecular complexity index is 910. The molecule has 0 aliphatic rings. The maximum Gasteiger partial charge on any atom is 0.118 e. The minimum atomic E-state index is 0.954. The van der Waals surface area contributed by atoms with Gasteiger partial charge in [0.15, 0.2) is 0 Å². The number of halogens is 1. The van der Waals surface area contributed by atoms with Crippen LogP contribution in [0.25, 0.3) is 27.7 Å². The van der Waals surface area contributed by atoms with Crippen LogP contribution in [0.15, 0.2) is 65.4 Å². The fourth-order valence-corrected chi connectivity index (χ4v) is 2.63. The van der Waals surface area contributed by atoms with Crippen LogP contribution in [0.5, 0.6) is 0 Å². The molecule has 0 bridgehead atoms. The summed E-state index contributed by atoms with van der Waals surface area (Å²) in [5, 5.41) is 5.72. The Balaban J connectivity index is 1.98. The van der Waals surface area contributed by atoms with Crippen molar-refractivity contribution in [2.24, 2.45) is 0 Å². The maximum atomic E-state index is 4.60. The summed E-state index contributed by atoms with van der Waals surface area (Å²) in [4.78, 5) is 4.42. The molecule has 0 amide bonds. The molecule has 0 fully saturated rings. The third kappa shape index (κ3) is 1.80. The minimum Gasteiger partial charge on any atom is -0.236 e. The highest BCUT2D eigenvalue weighted by Gasteiger charge is 2.07. The van der Waals surface area contributed by atoms with E-state index in [-0.39, 0.29) is 0 Å². The number of hydrogen-bond acceptors (Lipinski definition) is 2. The number of hydrogen-bond donors (Lipinski definition) is 0. The van der Waals surface area contributed by atoms with Crippen molar-refractivity contribution in [2.45, 2.75) is 0 Å². The first-order valence-electron chi connectivity index (χ1n) is 6.30. The van der Waals surface area contributed by atoms with Crippen LogP contribution in [0.1, 0.15) is 0 Å². The first-order chi connectivity index (χ1) is 9.81. The van der Waals surface area contributed by atoms with Gasteiger partial charge in [0.1, 0.15) is 6.33 Å². The summed E-state index contributed by atoms with van der Waals surface area (Å²) >= 11 is 3.45. The summed E-state index contributed by atoms with van der Waals surface area (Å²) in [5.41, 5.74) is 4.12. The van der Waals surface area contributed by atoms with Crippen molar-refractivity contribution in [3.63, 3.8) is 0 Å². The van der Waals surface area contributed by atoms with Crippen molar-refractivity contribution in [2.75, 3.05) is 0 Å². The molecule has 4 rings (SSSR count). The summed E-state index contributed by atoms with van der Waals surface area (Å²) in [6.07, 6.45) is 1.76. The highest BCUT2D eigenvalue weighted by atomic mass is 79.9. The predicted molar refractivity (Wildman–Crippen MR) is 83.6 cm³/mol. The van der Waals surface area contributed by atoms with Crippen LogP contribution in [0.3, 0.4) is 0 Å². The summed E-state index contributed by atoms with van der Waals surface area (Å²) in [6, 6.07) is 18.4. The molecule has 0 radical (unpaired) electrons. The van der Waals surface area contributed by atoms with Crippen molar-refractivity contribution in [1.82, 2.24) is 14.6 Å². The fourth-order valence-electron chi connectivity index (χ4n) is 2.37. The van der Waals surface area contributed by atoms with Gasteiger partial charge in [-0.2, -0.15) is 5.10 Å². The predicted octanol–water partition coefficient (Wildman–Crippen LogP) is 4.31. The van der Waals surface area contributed by atoms with Crippen molar-refractivity contribution < 1.29 is 0 Å². The largest absolute Gasteiger partial charge is 0.236 e. The second-order valence-electron chi connectivity index (χ2n) is 4.63. The van der Waals surface area contributed by atoms with Gasteiger partial charge in [0, 0.05) is 15.4 Å². The van der Waals surface area contributed by atoms with Crippen molar-refractivity contribution >= 4 is 32.3 Å². The van der Waals surface area contributed by atoms with E-state index in [0.29, 0.717) is 0 Å². The lowest BCUT2D eigenvalue weighted by atomic mass is 10.1. The molecule has 4 aromatic rings. The van der Waals surface area contributed by atoms with Crippen molar-refractivity contribution in [1.29, 1.82) is 0 Å². The Hall–Kier alpha value is -2.20. The first-order valence-corrected chi connectivity index (χ1v) is 7.10. The molecule has 0 saturated carbocycles. The molecule has 0 N–H and O–H groups in total. The number of para-hydroxylation sites is 1. The van der Waals surface area contributed by atoms with E-state index < -0.39 is 0 Å². The Morgan fingerprint density at radius 1 is 0.950 bits per heavy atom. The minimum absolute atomic E-state index is 0.954. The monoisotopic (exact) mass is 323 g/mol. The van der Waals surface area contributed by atoms with Crippen LogP contribution in [0.4, 0.5) is 0 Å². The van der Waals surface area contributed by atoms with Crippen LogP contribution in [0, 0.1) is 0 Å². The van der Waals surface area contributed by atoms with Gasteiger partial charge in [0.25, 0.3) is 0 Å². The molecule has 0 aliphatic carbocycles. The molecule has 0 saturated heterocycles. The van der Waals surface area contributed by atoms with Gasteiger partial charge in [-0.25, -0.2) is 9.50 Å². The van der Waals surface area contributed by atoms with Crippen LogP contribution < -0.4 is 0 Å². The second-order valence-corrected chi connectivity index (χ2v) is 5.54. The van der Waals surface area contributed by atoms with E-state index in [0.717, 1.165) is 32.1 Å². The van der Waals surface area contributed by atoms with E-state index in [1.807, 2.05) is 34.8 Å². The molecule has 96 valence electrons. The van der Waals surface area contributed by atoms with Gasteiger partial charge in [-0.05, 0) is 24.3 Å². The molecule has 0 spiro atoms. The first kappa shape index (κ1) is 11.6. The summed E-state index contributed by atoms with van der Waals surface area (Å²) in [7, 11) is 0. The molecule has 2 aromatic carbocycles. The van der Waals surface area contributed by atoms with Crippen molar-refractivity contribution in [3.8, 4) is 11.3 Å². The molecule has 0 atom stereocenters. The molecule has 2 aromatic heterocycles. The van der Waals surface area contributed by atoms with Gasteiger partial charge < -0.3 is 0 Å². The molecule has 0 unspecified atom stereocenters. The van der Waals surface area contributed by atoms with Gasteiger partial charge in [-0.3, -0.25) is 0 Å². The number of fused-ring (bicyclic) bond motifs is 3. The molecule has 4 heteroatoms. The topological polar surface area (TPSA) is 30.2 Å². The second kappa shape index (κ2) is 4.42. The van der Waals surface area contributed by atoms with E-state index in [1.165, 1.54) is 0 Å².